The third kappa shape index (κ3) is 3.04. The second-order valence-electron chi connectivity index (χ2n) is 7.15. The summed E-state index contributed by atoms with van der Waals surface area (Å²) in [4.78, 5) is 41.4. The van der Waals surface area contributed by atoms with Crippen LogP contribution in [0.15, 0.2) is 34.1 Å². The van der Waals surface area contributed by atoms with Crippen molar-refractivity contribution in [1.29, 1.82) is 0 Å². The maximum atomic E-state index is 12.6. The van der Waals surface area contributed by atoms with Crippen molar-refractivity contribution < 1.29 is 9.53 Å². The van der Waals surface area contributed by atoms with Crippen LogP contribution >= 0.6 is 0 Å². The Kier molecular flexibility index (Phi) is 4.62. The number of hydrogen-bond donors (Lipinski definition) is 0. The van der Waals surface area contributed by atoms with Crippen LogP contribution in [0.25, 0.3) is 11.2 Å². The summed E-state index contributed by atoms with van der Waals surface area (Å²) in [5.74, 6) is -0.378. The standard InChI is InChI=1S/C20H22N4O4/c1-22-12-21-17-16(22)18(25)24(20(27)23(17)2)9-4-10-28-19(26)15-8-7-13-5-3-6-14(13)11-15/h7-8,11-12H,3-6,9-10H2,1-2H3. The predicted molar refractivity (Wildman–Crippen MR) is 104 cm³/mol. The van der Waals surface area contributed by atoms with Crippen LogP contribution < -0.4 is 11.2 Å². The van der Waals surface area contributed by atoms with E-state index in [4.69, 9.17) is 4.74 Å². The molecule has 1 aromatic carbocycles. The number of esters is 1. The van der Waals surface area contributed by atoms with Gasteiger partial charge in [0.15, 0.2) is 11.2 Å². The van der Waals surface area contributed by atoms with Gasteiger partial charge in [-0.25, -0.2) is 14.6 Å². The minimum atomic E-state index is -0.429. The monoisotopic (exact) mass is 382 g/mol. The van der Waals surface area contributed by atoms with Gasteiger partial charge in [-0.3, -0.25) is 13.9 Å². The van der Waals surface area contributed by atoms with Gasteiger partial charge in [0, 0.05) is 20.6 Å². The lowest BCUT2D eigenvalue weighted by Gasteiger charge is -2.09. The van der Waals surface area contributed by atoms with Crippen LogP contribution in [0.3, 0.4) is 0 Å². The summed E-state index contributed by atoms with van der Waals surface area (Å²) in [5.41, 5.74) is 2.98. The molecule has 1 aliphatic rings. The van der Waals surface area contributed by atoms with Gasteiger partial charge in [-0.05, 0) is 48.9 Å². The van der Waals surface area contributed by atoms with Crippen LogP contribution in [-0.2, 0) is 38.2 Å². The molecule has 0 unspecified atom stereocenters. The first-order valence-electron chi connectivity index (χ1n) is 9.37. The molecule has 2 heterocycles. The van der Waals surface area contributed by atoms with Gasteiger partial charge >= 0.3 is 11.7 Å². The van der Waals surface area contributed by atoms with E-state index in [1.807, 2.05) is 12.1 Å². The van der Waals surface area contributed by atoms with Gasteiger partial charge in [-0.2, -0.15) is 0 Å². The molecule has 0 radical (unpaired) electrons. The Morgan fingerprint density at radius 2 is 1.96 bits per heavy atom. The van der Waals surface area contributed by atoms with Crippen LogP contribution in [-0.4, -0.2) is 31.3 Å². The summed E-state index contributed by atoms with van der Waals surface area (Å²) in [5, 5.41) is 0. The smallest absolute Gasteiger partial charge is 0.338 e. The maximum Gasteiger partial charge on any atom is 0.338 e. The fourth-order valence-corrected chi connectivity index (χ4v) is 3.76. The van der Waals surface area contributed by atoms with E-state index in [2.05, 4.69) is 4.98 Å². The van der Waals surface area contributed by atoms with Gasteiger partial charge in [0.1, 0.15) is 0 Å². The number of imidazole rings is 1. The lowest BCUT2D eigenvalue weighted by atomic mass is 10.1. The zero-order valence-corrected chi connectivity index (χ0v) is 16.0. The number of benzene rings is 1. The number of nitrogens with zero attached hydrogens (tertiary/aromatic N) is 4. The predicted octanol–water partition coefficient (Wildman–Crippen LogP) is 1.17. The van der Waals surface area contributed by atoms with E-state index in [9.17, 15) is 14.4 Å². The minimum Gasteiger partial charge on any atom is -0.462 e. The summed E-state index contributed by atoms with van der Waals surface area (Å²) in [6.07, 6.45) is 5.07. The molecular weight excluding hydrogens is 360 g/mol. The van der Waals surface area contributed by atoms with Crippen LogP contribution in [0.5, 0.6) is 0 Å². The number of hydrogen-bond acceptors (Lipinski definition) is 5. The summed E-state index contributed by atoms with van der Waals surface area (Å²) >= 11 is 0. The largest absolute Gasteiger partial charge is 0.462 e. The van der Waals surface area contributed by atoms with Crippen LogP contribution in [0.2, 0.25) is 0 Å². The van der Waals surface area contributed by atoms with E-state index in [1.54, 1.807) is 24.7 Å². The van der Waals surface area contributed by atoms with Gasteiger partial charge < -0.3 is 9.30 Å². The molecule has 8 heteroatoms. The quantitative estimate of drug-likeness (QED) is 0.488. The number of rotatable bonds is 5. The van der Waals surface area contributed by atoms with Gasteiger partial charge in [-0.15, -0.1) is 0 Å². The second kappa shape index (κ2) is 7.10. The zero-order chi connectivity index (χ0) is 19.8. The molecule has 0 fully saturated rings. The third-order valence-corrected chi connectivity index (χ3v) is 5.29. The Morgan fingerprint density at radius 3 is 2.79 bits per heavy atom. The number of carbonyl (C=O) groups excluding carboxylic acids is 1. The van der Waals surface area contributed by atoms with Crippen LogP contribution in [0.1, 0.15) is 34.3 Å². The molecule has 2 aromatic heterocycles. The second-order valence-corrected chi connectivity index (χ2v) is 7.15. The molecule has 0 bridgehead atoms. The Labute approximate surface area is 161 Å². The van der Waals surface area contributed by atoms with Crippen molar-refractivity contribution >= 4 is 17.1 Å². The van der Waals surface area contributed by atoms with Crippen molar-refractivity contribution in [3.05, 3.63) is 62.1 Å². The van der Waals surface area contributed by atoms with Crippen molar-refractivity contribution in [2.45, 2.75) is 32.2 Å². The number of aromatic nitrogens is 4. The van der Waals surface area contributed by atoms with Crippen LogP contribution in [0, 0.1) is 0 Å². The van der Waals surface area contributed by atoms with E-state index in [0.29, 0.717) is 23.1 Å². The van der Waals surface area contributed by atoms with Gasteiger partial charge in [-0.1, -0.05) is 6.07 Å². The summed E-state index contributed by atoms with van der Waals surface area (Å²) < 4.78 is 9.45. The molecular formula is C20H22N4O4. The van der Waals surface area contributed by atoms with Crippen molar-refractivity contribution in [3.8, 4) is 0 Å². The summed E-state index contributed by atoms with van der Waals surface area (Å²) in [6.45, 7) is 0.305. The molecule has 0 aliphatic heterocycles. The number of carbonyl (C=O) groups is 1. The topological polar surface area (TPSA) is 88.1 Å². The molecule has 8 nitrogen and oxygen atoms in total. The van der Waals surface area contributed by atoms with E-state index < -0.39 is 5.69 Å². The molecule has 3 aromatic rings. The molecule has 0 atom stereocenters. The van der Waals surface area contributed by atoms with Gasteiger partial charge in [0.25, 0.3) is 5.56 Å². The van der Waals surface area contributed by atoms with Crippen molar-refractivity contribution in [3.63, 3.8) is 0 Å². The summed E-state index contributed by atoms with van der Waals surface area (Å²) in [6, 6.07) is 5.69. The van der Waals surface area contributed by atoms with Crippen molar-refractivity contribution in [2.24, 2.45) is 14.1 Å². The van der Waals surface area contributed by atoms with Crippen molar-refractivity contribution in [1.82, 2.24) is 18.7 Å². The first-order chi connectivity index (χ1) is 13.5. The molecule has 146 valence electrons. The Morgan fingerprint density at radius 1 is 1.18 bits per heavy atom. The fourth-order valence-electron chi connectivity index (χ4n) is 3.76. The third-order valence-electron chi connectivity index (χ3n) is 5.29. The lowest BCUT2D eigenvalue weighted by molar-refractivity contribution is 0.0495. The fraction of sp³-hybridized carbons (Fsp3) is 0.400. The summed E-state index contributed by atoms with van der Waals surface area (Å²) in [7, 11) is 3.30. The highest BCUT2D eigenvalue weighted by atomic mass is 16.5. The Hall–Kier alpha value is -3.16. The molecule has 28 heavy (non-hydrogen) atoms. The highest BCUT2D eigenvalue weighted by molar-refractivity contribution is 5.89. The SMILES string of the molecule is Cn1cnc2c1c(=O)n(CCCOC(=O)c1ccc3c(c1)CCC3)c(=O)n2C. The van der Waals surface area contributed by atoms with Crippen molar-refractivity contribution in [2.75, 3.05) is 6.61 Å². The molecule has 1 aliphatic carbocycles. The zero-order valence-electron chi connectivity index (χ0n) is 16.0. The van der Waals surface area contributed by atoms with Crippen LogP contribution in [0.4, 0.5) is 0 Å². The lowest BCUT2D eigenvalue weighted by Crippen LogP contribution is -2.39. The number of fused-ring (bicyclic) bond motifs is 2. The van der Waals surface area contributed by atoms with E-state index in [0.717, 1.165) is 23.8 Å². The Balaban J connectivity index is 1.43. The maximum absolute atomic E-state index is 12.6. The van der Waals surface area contributed by atoms with E-state index >= 15 is 0 Å². The number of aryl methyl sites for hydroxylation is 4. The first kappa shape index (κ1) is 18.2. The molecule has 0 saturated heterocycles. The van der Waals surface area contributed by atoms with Gasteiger partial charge in [0.05, 0.1) is 18.5 Å². The highest BCUT2D eigenvalue weighted by Gasteiger charge is 2.16. The highest BCUT2D eigenvalue weighted by Crippen LogP contribution is 2.23. The van der Waals surface area contributed by atoms with Gasteiger partial charge in [0.2, 0.25) is 0 Å². The molecule has 0 spiro atoms. The molecule has 0 amide bonds. The Bertz CT molecular complexity index is 1190. The average Bonchev–Trinajstić information content (AvgIpc) is 3.31. The molecule has 0 N–H and O–H groups in total. The van der Waals surface area contributed by atoms with E-state index in [1.165, 1.54) is 22.0 Å². The normalized spacial score (nSPS) is 13.1. The first-order valence-corrected chi connectivity index (χ1v) is 9.37. The van der Waals surface area contributed by atoms with E-state index in [-0.39, 0.29) is 24.7 Å². The average molecular weight is 382 g/mol. The molecule has 0 saturated carbocycles. The minimum absolute atomic E-state index is 0.134. The molecule has 4 rings (SSSR count). The number of ether oxygens (including phenoxy) is 1.